The van der Waals surface area contributed by atoms with Crippen molar-refractivity contribution >= 4 is 120 Å². The summed E-state index contributed by atoms with van der Waals surface area (Å²) in [6.45, 7) is 12.0. The molecule has 3 fully saturated rings. The summed E-state index contributed by atoms with van der Waals surface area (Å²) in [6.07, 6.45) is -6.18. The van der Waals surface area contributed by atoms with Crippen LogP contribution in [0.15, 0.2) is 18.2 Å². The van der Waals surface area contributed by atoms with Crippen LogP contribution in [0.2, 0.25) is 0 Å². The number of ether oxygens (including phenoxy) is 1. The highest BCUT2D eigenvalue weighted by Crippen LogP contribution is 2.26. The predicted molar refractivity (Wildman–Crippen MR) is 423 cm³/mol. The maximum atomic E-state index is 14.8. The third-order valence-electron chi connectivity index (χ3n) is 19.8. The van der Waals surface area contributed by atoms with E-state index in [1.807, 2.05) is 0 Å². The Labute approximate surface area is 676 Å². The van der Waals surface area contributed by atoms with Crippen molar-refractivity contribution in [2.45, 2.75) is 300 Å². The van der Waals surface area contributed by atoms with E-state index in [0.29, 0.717) is 28.9 Å². The summed E-state index contributed by atoms with van der Waals surface area (Å²) < 4.78 is 6.06. The van der Waals surface area contributed by atoms with Gasteiger partial charge in [0.05, 0.1) is 62.1 Å². The number of esters is 1. The first-order chi connectivity index (χ1) is 52.7. The lowest BCUT2D eigenvalue weighted by Crippen LogP contribution is -2.64. The van der Waals surface area contributed by atoms with Crippen LogP contribution in [0.3, 0.4) is 0 Å². The fourth-order valence-electron chi connectivity index (χ4n) is 13.2. The number of aliphatic hydroxyl groups is 7. The molecule has 0 aliphatic carbocycles. The molecule has 3 heterocycles. The number of carbonyl (C=O) groups is 14. The molecule has 0 spiro atoms. The number of phenols is 1. The van der Waals surface area contributed by atoms with Gasteiger partial charge in [-0.25, -0.2) is 4.79 Å². The van der Waals surface area contributed by atoms with Gasteiger partial charge in [0.15, 0.2) is 0 Å². The SMILES string of the molecule is CCCCCCCCCCCCC(C)[C@@H]1CC(=O)N[C@H]([C@@H](C)O)C(=O)N[C@H](C)C(=O)N[C@@H](Cc2ccc(O)c(C)c2)C(=O)N[C@@H](C(C)C)C(=O)N2C[C@H](O)C[C@H]2C(=O)N[C@H]([C@@H](C)O)C(=O)N[C@@H]([C@@H](C)O)C(=O)N2CC[C@H](O)[C@H]2C(=O)NC(C(O)CC(N)=O)C(=O)NCC(=O)N[C@H]([C@@H](C)O)C(=O)N[C@@H](CCCN)C(=O)O1.II. The molecule has 13 amide bonds. The van der Waals surface area contributed by atoms with Crippen molar-refractivity contribution in [3.63, 3.8) is 0 Å². The summed E-state index contributed by atoms with van der Waals surface area (Å²) >= 11 is 4.24. The van der Waals surface area contributed by atoms with Crippen LogP contribution in [0.4, 0.5) is 0 Å². The number of cyclic esters (lactones) is 1. The molecular formula is C73H120I2N14O23. The first-order valence-electron chi connectivity index (χ1n) is 38.2. The molecule has 0 aromatic heterocycles. The molecule has 0 bridgehead atoms. The summed E-state index contributed by atoms with van der Waals surface area (Å²) in [7, 11) is 0. The summed E-state index contributed by atoms with van der Waals surface area (Å²) in [5, 5.41) is 112. The Hall–Kier alpha value is -7.26. The summed E-state index contributed by atoms with van der Waals surface area (Å²) in [4.78, 5) is 200. The number of aliphatic hydroxyl groups excluding tert-OH is 7. The minimum atomic E-state index is -2.22. The van der Waals surface area contributed by atoms with Crippen molar-refractivity contribution in [2.24, 2.45) is 23.3 Å². The molecule has 3 unspecified atom stereocenters. The molecular weight excluding hydrogens is 1690 g/mol. The Bertz CT molecular complexity index is 3320. The van der Waals surface area contributed by atoms with Gasteiger partial charge in [0.2, 0.25) is 76.8 Å². The molecule has 0 radical (unpaired) electrons. The van der Waals surface area contributed by atoms with Gasteiger partial charge < -0.3 is 120 Å². The molecule has 22 N–H and O–H groups in total. The number of unbranched alkanes of at least 4 members (excludes halogenated alkanes) is 9. The number of nitrogens with two attached hydrogens (primary N) is 2. The lowest BCUT2D eigenvalue weighted by atomic mass is 9.94. The maximum absolute atomic E-state index is 14.8. The molecule has 1 aromatic carbocycles. The predicted octanol–water partition coefficient (Wildman–Crippen LogP) is -3.15. The highest BCUT2D eigenvalue weighted by Gasteiger charge is 2.49. The number of phenolic OH excluding ortho intramolecular Hbond substituents is 1. The lowest BCUT2D eigenvalue weighted by molar-refractivity contribution is -0.158. The van der Waals surface area contributed by atoms with Gasteiger partial charge in [-0.1, -0.05) is 104 Å². The van der Waals surface area contributed by atoms with Crippen LogP contribution in [-0.4, -0.2) is 275 Å². The molecule has 3 saturated heterocycles. The normalized spacial score (nSPS) is 27.7. The number of aryl methyl sites for hydroxylation is 1. The number of carbonyl (C=O) groups excluding carboxylic acids is 14. The van der Waals surface area contributed by atoms with Gasteiger partial charge in [-0.15, -0.1) is 0 Å². The number of hydrogen-bond donors (Lipinski definition) is 20. The molecule has 1 aromatic rings. The highest BCUT2D eigenvalue weighted by molar-refractivity contribution is 15.0. The Balaban J connectivity index is 0.0000161. The van der Waals surface area contributed by atoms with E-state index in [0.717, 1.165) is 83.5 Å². The van der Waals surface area contributed by atoms with E-state index in [-0.39, 0.29) is 38.0 Å². The second-order valence-corrected chi connectivity index (χ2v) is 29.7. The average Bonchev–Trinajstić information content (AvgIpc) is 1.63. The van der Waals surface area contributed by atoms with Crippen molar-refractivity contribution in [1.82, 2.24) is 63.0 Å². The van der Waals surface area contributed by atoms with Crippen molar-refractivity contribution in [3.05, 3.63) is 29.3 Å². The molecule has 112 heavy (non-hydrogen) atoms. The van der Waals surface area contributed by atoms with Gasteiger partial charge >= 0.3 is 5.97 Å². The topological polar surface area (TPSA) is 589 Å². The first kappa shape index (κ1) is 98.9. The molecule has 3 aliphatic rings. The van der Waals surface area contributed by atoms with Crippen molar-refractivity contribution in [3.8, 4) is 5.75 Å². The van der Waals surface area contributed by atoms with E-state index in [1.54, 1.807) is 13.8 Å². The van der Waals surface area contributed by atoms with Crippen molar-refractivity contribution in [1.29, 1.82) is 0 Å². The van der Waals surface area contributed by atoms with Crippen LogP contribution < -0.4 is 64.6 Å². The van der Waals surface area contributed by atoms with E-state index >= 15 is 0 Å². The van der Waals surface area contributed by atoms with Crippen LogP contribution in [0.5, 0.6) is 5.75 Å². The molecule has 0 saturated carbocycles. The molecule has 37 nitrogen and oxygen atoms in total. The van der Waals surface area contributed by atoms with E-state index in [4.69, 9.17) is 16.2 Å². The molecule has 39 heteroatoms. The summed E-state index contributed by atoms with van der Waals surface area (Å²) in [6, 6.07) is -15.5. The van der Waals surface area contributed by atoms with E-state index in [2.05, 4.69) is 97.3 Å². The Morgan fingerprint density at radius 1 is 0.589 bits per heavy atom. The fourth-order valence-corrected chi connectivity index (χ4v) is 13.2. The van der Waals surface area contributed by atoms with Gasteiger partial charge in [0.25, 0.3) is 0 Å². The maximum Gasteiger partial charge on any atom is 0.328 e. The van der Waals surface area contributed by atoms with Gasteiger partial charge in [-0.05, 0) is 103 Å². The number of hydrogen-bond acceptors (Lipinski definition) is 24. The van der Waals surface area contributed by atoms with Crippen molar-refractivity contribution < 1.29 is 113 Å². The monoisotopic (exact) mass is 1810 g/mol. The molecule has 634 valence electrons. The number of amides is 13. The largest absolute Gasteiger partial charge is 0.508 e. The van der Waals surface area contributed by atoms with E-state index < -0.39 is 249 Å². The number of nitrogens with zero attached hydrogens (tertiary/aromatic N) is 2. The molecule has 3 aliphatic heterocycles. The van der Waals surface area contributed by atoms with Crippen LogP contribution in [0, 0.1) is 18.8 Å². The van der Waals surface area contributed by atoms with Gasteiger partial charge in [0.1, 0.15) is 78.3 Å². The van der Waals surface area contributed by atoms with Gasteiger partial charge in [0, 0.05) is 63.2 Å². The lowest BCUT2D eigenvalue weighted by Gasteiger charge is -2.34. The first-order valence-corrected chi connectivity index (χ1v) is 44.5. The number of halogens is 2. The number of nitrogens with one attached hydrogen (secondary N) is 10. The zero-order valence-corrected chi connectivity index (χ0v) is 69.7. The van der Waals surface area contributed by atoms with Crippen molar-refractivity contribution in [2.75, 3.05) is 26.2 Å². The van der Waals surface area contributed by atoms with E-state index in [1.165, 1.54) is 45.9 Å². The fraction of sp³-hybridized carbons (Fsp3) is 0.726. The Morgan fingerprint density at radius 3 is 1.65 bits per heavy atom. The van der Waals surface area contributed by atoms with Crippen LogP contribution in [0.1, 0.15) is 183 Å². The second-order valence-electron chi connectivity index (χ2n) is 29.7. The standard InChI is InChI=1S/C73H120N14O23.I2/c1-11-12-13-14-15-16-17-18-19-20-22-37(4)52-33-54(97)80-57(40(7)88)67(103)77-39(6)63(99)79-47(30-44-24-25-49(93)38(5)29-44)64(100)82-56(36(2)3)71(107)87-35-45(92)31-48(87)65(101)83-59(42(9)90)69(105)84-60(43(10)91)72(108)86-28-26-50(94)62(86)70(106)85-61(51(95)32-53(75)96)66(102)76-34-55(98)81-58(41(8)89)68(104)78-46(23-21-27-74)73(109)110-52;1-2/h24-25,29,36-37,39-43,45-48,50-52,56-62,88-95H,11-23,26-28,30-35,74H2,1-10H3,(H2,75,96)(H,76,102)(H,77,103)(H,78,104)(H,79,99)(H,80,97)(H,81,98)(H,82,100)(H,83,101)(H,84,105)(H,85,106);/t37?,39-,40-,41-,42-,43-,45-,46+,47+,48+,50+,51?,52+,56+,57-,58-,59-,60+,61?,62+;/m1./s1. The minimum Gasteiger partial charge on any atom is -0.508 e. The highest BCUT2D eigenvalue weighted by atomic mass is 128. The molecule has 4 rings (SSSR count). The Morgan fingerprint density at radius 2 is 1.10 bits per heavy atom. The average molecular weight is 1820 g/mol. The zero-order valence-electron chi connectivity index (χ0n) is 65.4. The van der Waals surface area contributed by atoms with Gasteiger partial charge in [-0.2, -0.15) is 0 Å². The van der Waals surface area contributed by atoms with Crippen LogP contribution >= 0.6 is 37.2 Å². The number of primary amides is 1. The second kappa shape index (κ2) is 49.5. The molecule has 20 atom stereocenters. The van der Waals surface area contributed by atoms with Crippen LogP contribution in [-0.2, 0) is 78.3 Å². The smallest absolute Gasteiger partial charge is 0.328 e. The quantitative estimate of drug-likeness (QED) is 0.0261. The third-order valence-corrected chi connectivity index (χ3v) is 19.8. The van der Waals surface area contributed by atoms with E-state index in [9.17, 15) is 108 Å². The number of rotatable bonds is 25. The number of benzene rings is 1. The third kappa shape index (κ3) is 31.5. The summed E-state index contributed by atoms with van der Waals surface area (Å²) in [5.74, 6) is -17.7. The number of fused-ring (bicyclic) bond motifs is 2. The number of aromatic hydroxyl groups is 1. The van der Waals surface area contributed by atoms with Gasteiger partial charge in [-0.3, -0.25) is 62.3 Å². The minimum absolute atomic E-state index is 0.0201. The summed E-state index contributed by atoms with van der Waals surface area (Å²) in [5.41, 5.74) is 12.0. The van der Waals surface area contributed by atoms with Crippen LogP contribution in [0.25, 0.3) is 0 Å². The Kier molecular flexibility index (Phi) is 43.7. The zero-order chi connectivity index (χ0) is 84.5.